The van der Waals surface area contributed by atoms with Crippen LogP contribution in [0.1, 0.15) is 55.5 Å². The first-order chi connectivity index (χ1) is 18.8. The SMILES string of the molecule is C=C(C)C(=O)NCCN(Cc1ccc(Cn2c(C3CCCC3)nc3c(N)nc4ccccc4c32)cc1)C(=O)O. The molecule has 9 nitrogen and oxygen atoms in total. The van der Waals surface area contributed by atoms with Gasteiger partial charge in [-0.15, -0.1) is 0 Å². The quantitative estimate of drug-likeness (QED) is 0.262. The van der Waals surface area contributed by atoms with Crippen LogP contribution in [0, 0.1) is 0 Å². The summed E-state index contributed by atoms with van der Waals surface area (Å²) in [7, 11) is 0. The van der Waals surface area contributed by atoms with Crippen LogP contribution in [0.3, 0.4) is 0 Å². The lowest BCUT2D eigenvalue weighted by atomic mass is 10.1. The van der Waals surface area contributed by atoms with Gasteiger partial charge in [-0.2, -0.15) is 0 Å². The van der Waals surface area contributed by atoms with E-state index in [9.17, 15) is 14.7 Å². The van der Waals surface area contributed by atoms with E-state index in [1.807, 2.05) is 42.5 Å². The number of nitrogen functional groups attached to an aromatic ring is 1. The second-order valence-corrected chi connectivity index (χ2v) is 10.3. The van der Waals surface area contributed by atoms with E-state index in [4.69, 9.17) is 10.7 Å². The Morgan fingerprint density at radius 1 is 1.10 bits per heavy atom. The van der Waals surface area contributed by atoms with Crippen molar-refractivity contribution >= 4 is 39.8 Å². The Balaban J connectivity index is 1.40. The fourth-order valence-electron chi connectivity index (χ4n) is 5.38. The highest BCUT2D eigenvalue weighted by Crippen LogP contribution is 2.38. The Labute approximate surface area is 227 Å². The van der Waals surface area contributed by atoms with Gasteiger partial charge in [0.15, 0.2) is 5.82 Å². The normalized spacial score (nSPS) is 13.7. The highest BCUT2D eigenvalue weighted by molar-refractivity contribution is 6.06. The van der Waals surface area contributed by atoms with Gasteiger partial charge in [-0.3, -0.25) is 4.79 Å². The number of rotatable bonds is 9. The largest absolute Gasteiger partial charge is 0.465 e. The van der Waals surface area contributed by atoms with Gasteiger partial charge < -0.3 is 25.6 Å². The molecule has 0 radical (unpaired) electrons. The van der Waals surface area contributed by atoms with Gasteiger partial charge in [0.05, 0.1) is 11.0 Å². The zero-order valence-electron chi connectivity index (χ0n) is 22.2. The lowest BCUT2D eigenvalue weighted by Crippen LogP contribution is -2.37. The minimum atomic E-state index is -1.03. The third-order valence-corrected chi connectivity index (χ3v) is 7.42. The fourth-order valence-corrected chi connectivity index (χ4v) is 5.38. The third kappa shape index (κ3) is 5.57. The van der Waals surface area contributed by atoms with E-state index in [-0.39, 0.29) is 25.5 Å². The maximum atomic E-state index is 11.8. The Kier molecular flexibility index (Phi) is 7.49. The molecule has 0 unspecified atom stereocenters. The summed E-state index contributed by atoms with van der Waals surface area (Å²) in [6.07, 6.45) is 3.60. The minimum absolute atomic E-state index is 0.185. The van der Waals surface area contributed by atoms with Gasteiger partial charge in [0.25, 0.3) is 0 Å². The fraction of sp³-hybridized carbons (Fsp3) is 0.333. The molecule has 0 saturated heterocycles. The van der Waals surface area contributed by atoms with E-state index in [2.05, 4.69) is 27.5 Å². The summed E-state index contributed by atoms with van der Waals surface area (Å²) < 4.78 is 2.30. The van der Waals surface area contributed by atoms with Gasteiger partial charge in [-0.25, -0.2) is 14.8 Å². The van der Waals surface area contributed by atoms with Crippen LogP contribution in [0.5, 0.6) is 0 Å². The monoisotopic (exact) mass is 526 g/mol. The number of benzene rings is 2. The molecule has 4 N–H and O–H groups in total. The molecule has 4 aromatic rings. The molecule has 9 heteroatoms. The van der Waals surface area contributed by atoms with E-state index in [0.717, 1.165) is 51.7 Å². The Hall–Kier alpha value is -4.40. The molecule has 5 rings (SSSR count). The zero-order valence-corrected chi connectivity index (χ0v) is 22.2. The van der Waals surface area contributed by atoms with E-state index in [1.54, 1.807) is 6.92 Å². The summed E-state index contributed by atoms with van der Waals surface area (Å²) in [4.78, 5) is 34.4. The van der Waals surface area contributed by atoms with E-state index >= 15 is 0 Å². The molecule has 0 bridgehead atoms. The molecule has 2 aromatic carbocycles. The molecule has 0 spiro atoms. The molecule has 1 aliphatic carbocycles. The number of hydrogen-bond acceptors (Lipinski definition) is 5. The molecular formula is C30H34N6O3. The van der Waals surface area contributed by atoms with Crippen molar-refractivity contribution in [3.8, 4) is 0 Å². The molecule has 2 amide bonds. The topological polar surface area (TPSA) is 126 Å². The number of hydrogen-bond donors (Lipinski definition) is 3. The summed E-state index contributed by atoms with van der Waals surface area (Å²) in [6, 6.07) is 16.0. The Morgan fingerprint density at radius 3 is 2.49 bits per heavy atom. The molecule has 2 heterocycles. The van der Waals surface area contributed by atoms with Crippen LogP contribution in [0.25, 0.3) is 21.9 Å². The molecule has 2 aromatic heterocycles. The number of pyridine rings is 1. The van der Waals surface area contributed by atoms with Crippen LogP contribution in [-0.2, 0) is 17.9 Å². The van der Waals surface area contributed by atoms with Gasteiger partial charge in [0.1, 0.15) is 11.3 Å². The number of nitrogens with zero attached hydrogens (tertiary/aromatic N) is 4. The molecular weight excluding hydrogens is 492 g/mol. The van der Waals surface area contributed by atoms with Gasteiger partial charge in [-0.1, -0.05) is 61.9 Å². The van der Waals surface area contributed by atoms with Crippen molar-refractivity contribution in [3.63, 3.8) is 0 Å². The number of aromatic nitrogens is 3. The number of carbonyl (C=O) groups is 2. The first kappa shape index (κ1) is 26.2. The highest BCUT2D eigenvalue weighted by atomic mass is 16.4. The molecule has 202 valence electrons. The average molecular weight is 527 g/mol. The predicted octanol–water partition coefficient (Wildman–Crippen LogP) is 5.04. The number of para-hydroxylation sites is 1. The smallest absolute Gasteiger partial charge is 0.407 e. The number of anilines is 1. The molecule has 39 heavy (non-hydrogen) atoms. The number of amides is 2. The van der Waals surface area contributed by atoms with Crippen molar-refractivity contribution in [2.24, 2.45) is 0 Å². The van der Waals surface area contributed by atoms with Crippen LogP contribution in [0.15, 0.2) is 60.7 Å². The number of imidazole rings is 1. The summed E-state index contributed by atoms with van der Waals surface area (Å²) in [6.45, 7) is 6.48. The summed E-state index contributed by atoms with van der Waals surface area (Å²) >= 11 is 0. The Bertz CT molecular complexity index is 1540. The third-order valence-electron chi connectivity index (χ3n) is 7.42. The van der Waals surface area contributed by atoms with Crippen molar-refractivity contribution in [1.29, 1.82) is 0 Å². The molecule has 1 saturated carbocycles. The molecule has 1 aliphatic rings. The zero-order chi connectivity index (χ0) is 27.5. The van der Waals surface area contributed by atoms with Gasteiger partial charge >= 0.3 is 6.09 Å². The summed E-state index contributed by atoms with van der Waals surface area (Å²) in [5.74, 6) is 1.62. The van der Waals surface area contributed by atoms with Crippen molar-refractivity contribution in [2.45, 2.75) is 51.6 Å². The lowest BCUT2D eigenvalue weighted by molar-refractivity contribution is -0.117. The van der Waals surface area contributed by atoms with Gasteiger partial charge in [0.2, 0.25) is 5.91 Å². The standard InChI is InChI=1S/C30H34N6O3/c1-19(2)29(37)32-15-16-35(30(38)39)17-20-11-13-21(14-12-20)18-36-26-23-9-5-6-10-24(23)33-27(31)25(26)34-28(36)22-7-3-4-8-22/h5-6,9-14,22H,1,3-4,7-8,15-18H2,2H3,(H2,31,33)(H,32,37)(H,38,39). The molecule has 0 aliphatic heterocycles. The van der Waals surface area contributed by atoms with Crippen molar-refractivity contribution < 1.29 is 14.7 Å². The lowest BCUT2D eigenvalue weighted by Gasteiger charge is -2.20. The van der Waals surface area contributed by atoms with Crippen LogP contribution >= 0.6 is 0 Å². The summed E-state index contributed by atoms with van der Waals surface area (Å²) in [5.41, 5.74) is 11.4. The van der Waals surface area contributed by atoms with Crippen LogP contribution in [0.2, 0.25) is 0 Å². The van der Waals surface area contributed by atoms with Crippen LogP contribution in [-0.4, -0.2) is 49.6 Å². The van der Waals surface area contributed by atoms with E-state index in [1.165, 1.54) is 17.7 Å². The minimum Gasteiger partial charge on any atom is -0.465 e. The van der Waals surface area contributed by atoms with Crippen LogP contribution in [0.4, 0.5) is 10.6 Å². The number of carbonyl (C=O) groups excluding carboxylic acids is 1. The van der Waals surface area contributed by atoms with E-state index in [0.29, 0.717) is 23.9 Å². The maximum absolute atomic E-state index is 11.8. The maximum Gasteiger partial charge on any atom is 0.407 e. The van der Waals surface area contributed by atoms with Crippen LogP contribution < -0.4 is 11.1 Å². The highest BCUT2D eigenvalue weighted by Gasteiger charge is 2.26. The molecule has 1 fully saturated rings. The van der Waals surface area contributed by atoms with Crippen molar-refractivity contribution in [2.75, 3.05) is 18.8 Å². The number of nitrogens with two attached hydrogens (primary N) is 1. The number of carboxylic acid groups (broad SMARTS) is 1. The van der Waals surface area contributed by atoms with Crippen molar-refractivity contribution in [3.05, 3.63) is 77.6 Å². The van der Waals surface area contributed by atoms with E-state index < -0.39 is 6.09 Å². The second kappa shape index (κ2) is 11.1. The second-order valence-electron chi connectivity index (χ2n) is 10.3. The van der Waals surface area contributed by atoms with Gasteiger partial charge in [-0.05, 0) is 37.0 Å². The summed E-state index contributed by atoms with van der Waals surface area (Å²) in [5, 5.41) is 13.4. The first-order valence-corrected chi connectivity index (χ1v) is 13.4. The van der Waals surface area contributed by atoms with Gasteiger partial charge in [0, 0.05) is 43.1 Å². The predicted molar refractivity (Wildman–Crippen MR) is 152 cm³/mol. The van der Waals surface area contributed by atoms with Crippen molar-refractivity contribution in [1.82, 2.24) is 24.8 Å². The number of fused-ring (bicyclic) bond motifs is 3. The first-order valence-electron chi connectivity index (χ1n) is 13.4. The average Bonchev–Trinajstić information content (AvgIpc) is 3.58. The molecule has 0 atom stereocenters. The Morgan fingerprint density at radius 2 is 1.79 bits per heavy atom. The number of nitrogens with one attached hydrogen (secondary N) is 1.